The number of ether oxygens (including phenoxy) is 1. The highest BCUT2D eigenvalue weighted by atomic mass is 19.1. The molecule has 0 spiro atoms. The van der Waals surface area contributed by atoms with Crippen LogP contribution in [-0.4, -0.2) is 7.11 Å². The van der Waals surface area contributed by atoms with Crippen LogP contribution in [0.15, 0.2) is 42.5 Å². The van der Waals surface area contributed by atoms with E-state index in [1.54, 1.807) is 7.11 Å². The zero-order valence-corrected chi connectivity index (χ0v) is 11.5. The van der Waals surface area contributed by atoms with Crippen molar-refractivity contribution in [3.8, 4) is 5.75 Å². The van der Waals surface area contributed by atoms with Gasteiger partial charge in [-0.25, -0.2) is 8.78 Å². The minimum atomic E-state index is -0.537. The number of rotatable bonds is 5. The summed E-state index contributed by atoms with van der Waals surface area (Å²) in [4.78, 5) is 0. The Morgan fingerprint density at radius 2 is 1.70 bits per heavy atom. The lowest BCUT2D eigenvalue weighted by Gasteiger charge is -2.17. The highest BCUT2D eigenvalue weighted by molar-refractivity contribution is 5.35. The Kier molecular flexibility index (Phi) is 4.69. The maximum absolute atomic E-state index is 13.5. The molecule has 0 aromatic heterocycles. The van der Waals surface area contributed by atoms with E-state index in [-0.39, 0.29) is 18.2 Å². The summed E-state index contributed by atoms with van der Waals surface area (Å²) in [5.74, 6) is -0.323. The molecule has 2 rings (SSSR count). The summed E-state index contributed by atoms with van der Waals surface area (Å²) in [6.45, 7) is 2.05. The number of methoxy groups -OCH3 is 1. The predicted octanol–water partition coefficient (Wildman–Crippen LogP) is 3.82. The molecule has 0 unspecified atom stereocenters. The summed E-state index contributed by atoms with van der Waals surface area (Å²) >= 11 is 0. The zero-order chi connectivity index (χ0) is 14.5. The van der Waals surface area contributed by atoms with Crippen LogP contribution in [0.3, 0.4) is 0 Å². The molecular weight excluding hydrogens is 260 g/mol. The first-order chi connectivity index (χ1) is 9.63. The summed E-state index contributed by atoms with van der Waals surface area (Å²) in [5.41, 5.74) is 1.00. The third-order valence-electron chi connectivity index (χ3n) is 3.25. The maximum atomic E-state index is 13.5. The van der Waals surface area contributed by atoms with Gasteiger partial charge in [0.2, 0.25) is 0 Å². The molecule has 0 aliphatic rings. The van der Waals surface area contributed by atoms with Crippen LogP contribution in [0, 0.1) is 11.6 Å². The topological polar surface area (TPSA) is 21.3 Å². The summed E-state index contributed by atoms with van der Waals surface area (Å²) in [5, 5.41) is 3.11. The fourth-order valence-electron chi connectivity index (χ4n) is 2.09. The Morgan fingerprint density at radius 1 is 1.05 bits per heavy atom. The molecule has 0 aliphatic carbocycles. The summed E-state index contributed by atoms with van der Waals surface area (Å²) < 4.78 is 32.4. The van der Waals surface area contributed by atoms with E-state index in [1.807, 2.05) is 31.2 Å². The van der Waals surface area contributed by atoms with Crippen molar-refractivity contribution in [1.82, 2.24) is 5.32 Å². The Balaban J connectivity index is 2.11. The van der Waals surface area contributed by atoms with Crippen molar-refractivity contribution in [1.29, 1.82) is 0 Å². The number of hydrogen-bond donors (Lipinski definition) is 1. The summed E-state index contributed by atoms with van der Waals surface area (Å²) in [6.07, 6.45) is 0. The standard InChI is InChI=1S/C16H17F2NO/c1-11(12-6-3-4-9-16(12)20-2)19-10-13-14(17)7-5-8-15(13)18/h3-9,11,19H,10H2,1-2H3/t11-/m0/s1. The van der Waals surface area contributed by atoms with Crippen molar-refractivity contribution in [2.24, 2.45) is 0 Å². The lowest BCUT2D eigenvalue weighted by molar-refractivity contribution is 0.400. The van der Waals surface area contributed by atoms with Crippen molar-refractivity contribution in [3.63, 3.8) is 0 Å². The van der Waals surface area contributed by atoms with Gasteiger partial charge in [0, 0.05) is 23.7 Å². The van der Waals surface area contributed by atoms with Crippen molar-refractivity contribution in [2.75, 3.05) is 7.11 Å². The van der Waals surface area contributed by atoms with Crippen molar-refractivity contribution in [3.05, 3.63) is 65.2 Å². The van der Waals surface area contributed by atoms with Crippen LogP contribution >= 0.6 is 0 Å². The van der Waals surface area contributed by atoms with E-state index in [0.717, 1.165) is 11.3 Å². The Bertz CT molecular complexity index is 566. The largest absolute Gasteiger partial charge is 0.496 e. The smallest absolute Gasteiger partial charge is 0.130 e. The normalized spacial score (nSPS) is 12.2. The Morgan fingerprint density at radius 3 is 2.35 bits per heavy atom. The fourth-order valence-corrected chi connectivity index (χ4v) is 2.09. The molecule has 0 bridgehead atoms. The highest BCUT2D eigenvalue weighted by Crippen LogP contribution is 2.24. The fraction of sp³-hybridized carbons (Fsp3) is 0.250. The average Bonchev–Trinajstić information content (AvgIpc) is 2.46. The van der Waals surface area contributed by atoms with E-state index < -0.39 is 11.6 Å². The van der Waals surface area contributed by atoms with E-state index in [0.29, 0.717) is 0 Å². The van der Waals surface area contributed by atoms with Crippen LogP contribution in [0.4, 0.5) is 8.78 Å². The van der Waals surface area contributed by atoms with E-state index in [9.17, 15) is 8.78 Å². The summed E-state index contributed by atoms with van der Waals surface area (Å²) in [6, 6.07) is 11.4. The first kappa shape index (κ1) is 14.5. The van der Waals surface area contributed by atoms with Crippen LogP contribution < -0.4 is 10.1 Å². The third-order valence-corrected chi connectivity index (χ3v) is 3.25. The number of para-hydroxylation sites is 1. The van der Waals surface area contributed by atoms with Gasteiger partial charge >= 0.3 is 0 Å². The number of halogens is 2. The van der Waals surface area contributed by atoms with Crippen molar-refractivity contribution >= 4 is 0 Å². The second-order valence-electron chi connectivity index (χ2n) is 4.54. The van der Waals surface area contributed by atoms with Gasteiger partial charge in [0.15, 0.2) is 0 Å². The SMILES string of the molecule is COc1ccccc1[C@H](C)NCc1c(F)cccc1F. The van der Waals surface area contributed by atoms with Gasteiger partial charge in [0.05, 0.1) is 7.11 Å². The van der Waals surface area contributed by atoms with Gasteiger partial charge in [0.25, 0.3) is 0 Å². The monoisotopic (exact) mass is 277 g/mol. The van der Waals surface area contributed by atoms with Gasteiger partial charge < -0.3 is 10.1 Å². The molecule has 0 aliphatic heterocycles. The lowest BCUT2D eigenvalue weighted by Crippen LogP contribution is -2.20. The van der Waals surface area contributed by atoms with Gasteiger partial charge in [-0.2, -0.15) is 0 Å². The molecule has 0 amide bonds. The van der Waals surface area contributed by atoms with Gasteiger partial charge in [-0.1, -0.05) is 24.3 Å². The number of benzene rings is 2. The minimum Gasteiger partial charge on any atom is -0.496 e. The van der Waals surface area contributed by atoms with Crippen LogP contribution in [0.2, 0.25) is 0 Å². The molecule has 0 radical (unpaired) electrons. The molecule has 1 atom stereocenters. The van der Waals surface area contributed by atoms with Gasteiger partial charge in [0.1, 0.15) is 17.4 Å². The van der Waals surface area contributed by atoms with Crippen molar-refractivity contribution in [2.45, 2.75) is 19.5 Å². The molecular formula is C16H17F2NO. The second kappa shape index (κ2) is 6.48. The predicted molar refractivity (Wildman–Crippen MR) is 74.6 cm³/mol. The molecule has 1 N–H and O–H groups in total. The lowest BCUT2D eigenvalue weighted by atomic mass is 10.1. The molecule has 106 valence electrons. The number of nitrogens with one attached hydrogen (secondary N) is 1. The van der Waals surface area contributed by atoms with Gasteiger partial charge in [-0.3, -0.25) is 0 Å². The Labute approximate surface area is 117 Å². The third kappa shape index (κ3) is 3.14. The van der Waals surface area contributed by atoms with E-state index >= 15 is 0 Å². The van der Waals surface area contributed by atoms with Gasteiger partial charge in [-0.05, 0) is 25.1 Å². The van der Waals surface area contributed by atoms with E-state index in [2.05, 4.69) is 5.32 Å². The van der Waals surface area contributed by atoms with Crippen LogP contribution in [0.25, 0.3) is 0 Å². The Hall–Kier alpha value is -1.94. The highest BCUT2D eigenvalue weighted by Gasteiger charge is 2.13. The number of hydrogen-bond acceptors (Lipinski definition) is 2. The maximum Gasteiger partial charge on any atom is 0.130 e. The van der Waals surface area contributed by atoms with E-state index in [1.165, 1.54) is 18.2 Å². The molecule has 0 saturated carbocycles. The van der Waals surface area contributed by atoms with Gasteiger partial charge in [-0.15, -0.1) is 0 Å². The van der Waals surface area contributed by atoms with Crippen molar-refractivity contribution < 1.29 is 13.5 Å². The first-order valence-electron chi connectivity index (χ1n) is 6.42. The summed E-state index contributed by atoms with van der Waals surface area (Å²) in [7, 11) is 1.60. The van der Waals surface area contributed by atoms with Crippen LogP contribution in [0.5, 0.6) is 5.75 Å². The molecule has 2 aromatic carbocycles. The minimum absolute atomic E-state index is 0.0502. The van der Waals surface area contributed by atoms with Crippen LogP contribution in [0.1, 0.15) is 24.1 Å². The molecule has 2 nitrogen and oxygen atoms in total. The zero-order valence-electron chi connectivity index (χ0n) is 11.5. The molecule has 0 heterocycles. The molecule has 20 heavy (non-hydrogen) atoms. The van der Waals surface area contributed by atoms with E-state index in [4.69, 9.17) is 4.74 Å². The quantitative estimate of drug-likeness (QED) is 0.897. The van der Waals surface area contributed by atoms with Crippen LogP contribution in [-0.2, 0) is 6.54 Å². The molecule has 0 saturated heterocycles. The molecule has 0 fully saturated rings. The molecule has 2 aromatic rings. The second-order valence-corrected chi connectivity index (χ2v) is 4.54. The first-order valence-corrected chi connectivity index (χ1v) is 6.42. The average molecular weight is 277 g/mol. The molecule has 4 heteroatoms.